The molecule has 0 saturated heterocycles. The van der Waals surface area contributed by atoms with E-state index in [1.807, 2.05) is 18.7 Å². The van der Waals surface area contributed by atoms with Crippen LogP contribution in [-0.2, 0) is 0 Å². The van der Waals surface area contributed by atoms with Crippen LogP contribution in [0.3, 0.4) is 0 Å². The van der Waals surface area contributed by atoms with Crippen molar-refractivity contribution in [2.45, 2.75) is 13.0 Å². The van der Waals surface area contributed by atoms with E-state index < -0.39 is 0 Å². The summed E-state index contributed by atoms with van der Waals surface area (Å²) in [7, 11) is 0. The molecule has 1 aromatic heterocycles. The number of imidazole rings is 1. The van der Waals surface area contributed by atoms with Crippen molar-refractivity contribution >= 4 is 10.8 Å². The van der Waals surface area contributed by atoms with Crippen LogP contribution in [0.25, 0.3) is 21.9 Å². The van der Waals surface area contributed by atoms with Crippen molar-refractivity contribution in [3.63, 3.8) is 0 Å². The lowest BCUT2D eigenvalue weighted by Crippen LogP contribution is -2.06. The number of aromatic nitrogens is 2. The summed E-state index contributed by atoms with van der Waals surface area (Å²) in [5.41, 5.74) is 3.87. The molecule has 2 nitrogen and oxygen atoms in total. The first kappa shape index (κ1) is 13.8. The van der Waals surface area contributed by atoms with Crippen molar-refractivity contribution in [2.24, 2.45) is 0 Å². The highest BCUT2D eigenvalue weighted by atomic mass is 15.0. The van der Waals surface area contributed by atoms with E-state index in [9.17, 15) is 0 Å². The first-order valence-electron chi connectivity index (χ1n) is 7.89. The van der Waals surface area contributed by atoms with E-state index in [1.54, 1.807) is 0 Å². The van der Waals surface area contributed by atoms with Gasteiger partial charge in [0.25, 0.3) is 0 Å². The lowest BCUT2D eigenvalue weighted by molar-refractivity contribution is 0.640. The van der Waals surface area contributed by atoms with Crippen LogP contribution in [0.15, 0.2) is 85.5 Å². The number of fused-ring (bicyclic) bond motifs is 1. The van der Waals surface area contributed by atoms with E-state index in [2.05, 4.69) is 83.2 Å². The Morgan fingerprint density at radius 1 is 0.826 bits per heavy atom. The Morgan fingerprint density at radius 3 is 2.43 bits per heavy atom. The van der Waals surface area contributed by atoms with E-state index in [4.69, 9.17) is 0 Å². The fraction of sp³-hybridized carbons (Fsp3) is 0.0952. The summed E-state index contributed by atoms with van der Waals surface area (Å²) < 4.78 is 2.14. The van der Waals surface area contributed by atoms with Crippen LogP contribution in [0.5, 0.6) is 0 Å². The normalized spacial score (nSPS) is 12.4. The van der Waals surface area contributed by atoms with Gasteiger partial charge in [0, 0.05) is 12.4 Å². The van der Waals surface area contributed by atoms with Gasteiger partial charge < -0.3 is 4.57 Å². The Hall–Kier alpha value is -2.87. The first-order valence-corrected chi connectivity index (χ1v) is 7.89. The predicted molar refractivity (Wildman–Crippen MR) is 95.4 cm³/mol. The maximum Gasteiger partial charge on any atom is 0.0951 e. The number of hydrogen-bond donors (Lipinski definition) is 0. The van der Waals surface area contributed by atoms with Gasteiger partial charge in [0.15, 0.2) is 0 Å². The van der Waals surface area contributed by atoms with E-state index in [0.717, 1.165) is 0 Å². The second-order valence-electron chi connectivity index (χ2n) is 5.80. The van der Waals surface area contributed by atoms with Crippen LogP contribution in [0, 0.1) is 0 Å². The van der Waals surface area contributed by atoms with Gasteiger partial charge in [-0.1, -0.05) is 66.7 Å². The second-order valence-corrected chi connectivity index (χ2v) is 5.80. The van der Waals surface area contributed by atoms with Gasteiger partial charge in [0.1, 0.15) is 0 Å². The molecule has 0 aliphatic heterocycles. The lowest BCUT2D eigenvalue weighted by atomic mass is 9.92. The molecule has 0 bridgehead atoms. The Bertz CT molecular complexity index is 934. The molecule has 4 aromatic rings. The zero-order valence-electron chi connectivity index (χ0n) is 13.1. The van der Waals surface area contributed by atoms with Gasteiger partial charge in [-0.2, -0.15) is 0 Å². The van der Waals surface area contributed by atoms with E-state index in [-0.39, 0.29) is 6.04 Å². The summed E-state index contributed by atoms with van der Waals surface area (Å²) in [4.78, 5) is 4.18. The number of nitrogens with zero attached hydrogens (tertiary/aromatic N) is 2. The molecule has 0 N–H and O–H groups in total. The molecule has 0 unspecified atom stereocenters. The molecule has 0 amide bonds. The average molecular weight is 298 g/mol. The van der Waals surface area contributed by atoms with Crippen LogP contribution in [-0.4, -0.2) is 9.55 Å². The van der Waals surface area contributed by atoms with Crippen molar-refractivity contribution in [2.75, 3.05) is 0 Å². The Kier molecular flexibility index (Phi) is 3.43. The molecule has 3 aromatic carbocycles. The van der Waals surface area contributed by atoms with Gasteiger partial charge in [-0.15, -0.1) is 0 Å². The maximum absolute atomic E-state index is 4.18. The standard InChI is InChI=1S/C21H18N2/c1-16(23-14-13-22-15-23)18-9-4-5-11-20(18)21-12-6-8-17-7-2-3-10-19(17)21/h2-16H,1H3/t16-/m0/s1. The molecule has 0 fully saturated rings. The third-order valence-electron chi connectivity index (χ3n) is 4.46. The van der Waals surface area contributed by atoms with Gasteiger partial charge in [-0.05, 0) is 34.4 Å². The smallest absolute Gasteiger partial charge is 0.0951 e. The van der Waals surface area contributed by atoms with E-state index >= 15 is 0 Å². The third-order valence-corrected chi connectivity index (χ3v) is 4.46. The SMILES string of the molecule is C[C@@H](c1ccccc1-c1cccc2ccccc12)n1ccnc1. The molecule has 1 atom stereocenters. The van der Waals surface area contributed by atoms with Crippen LogP contribution >= 0.6 is 0 Å². The zero-order chi connectivity index (χ0) is 15.6. The van der Waals surface area contributed by atoms with Crippen molar-refractivity contribution in [3.05, 3.63) is 91.0 Å². The summed E-state index contributed by atoms with van der Waals surface area (Å²) >= 11 is 0. The number of rotatable bonds is 3. The maximum atomic E-state index is 4.18. The molecule has 0 aliphatic rings. The predicted octanol–water partition coefficient (Wildman–Crippen LogP) is 5.31. The summed E-state index contributed by atoms with van der Waals surface area (Å²) in [6.07, 6.45) is 5.73. The Morgan fingerprint density at radius 2 is 1.57 bits per heavy atom. The Labute approximate surface area is 136 Å². The van der Waals surface area contributed by atoms with E-state index in [1.165, 1.54) is 27.5 Å². The van der Waals surface area contributed by atoms with Crippen LogP contribution in [0.1, 0.15) is 18.5 Å². The fourth-order valence-electron chi connectivity index (χ4n) is 3.23. The first-order chi connectivity index (χ1) is 11.3. The van der Waals surface area contributed by atoms with Crippen LogP contribution in [0.4, 0.5) is 0 Å². The van der Waals surface area contributed by atoms with Crippen LogP contribution < -0.4 is 0 Å². The van der Waals surface area contributed by atoms with Gasteiger partial charge in [-0.3, -0.25) is 0 Å². The van der Waals surface area contributed by atoms with Gasteiger partial charge >= 0.3 is 0 Å². The van der Waals surface area contributed by atoms with Gasteiger partial charge in [0.05, 0.1) is 12.4 Å². The molecule has 23 heavy (non-hydrogen) atoms. The minimum Gasteiger partial charge on any atom is -0.330 e. The van der Waals surface area contributed by atoms with Crippen molar-refractivity contribution in [1.29, 1.82) is 0 Å². The quantitative estimate of drug-likeness (QED) is 0.501. The fourth-order valence-corrected chi connectivity index (χ4v) is 3.23. The average Bonchev–Trinajstić information content (AvgIpc) is 3.15. The van der Waals surface area contributed by atoms with Gasteiger partial charge in [0.2, 0.25) is 0 Å². The molecule has 1 heterocycles. The van der Waals surface area contributed by atoms with Crippen molar-refractivity contribution < 1.29 is 0 Å². The third kappa shape index (κ3) is 2.42. The molecule has 0 spiro atoms. The summed E-state index contributed by atoms with van der Waals surface area (Å²) in [6, 6.07) is 24.0. The van der Waals surface area contributed by atoms with Crippen LogP contribution in [0.2, 0.25) is 0 Å². The summed E-state index contributed by atoms with van der Waals surface area (Å²) in [6.45, 7) is 2.21. The summed E-state index contributed by atoms with van der Waals surface area (Å²) in [5, 5.41) is 2.57. The highest BCUT2D eigenvalue weighted by Gasteiger charge is 2.14. The molecule has 0 aliphatic carbocycles. The minimum absolute atomic E-state index is 0.243. The minimum atomic E-state index is 0.243. The van der Waals surface area contributed by atoms with Gasteiger partial charge in [-0.25, -0.2) is 4.98 Å². The Balaban J connectivity index is 1.93. The van der Waals surface area contributed by atoms with Crippen molar-refractivity contribution in [1.82, 2.24) is 9.55 Å². The molecule has 4 rings (SSSR count). The molecular weight excluding hydrogens is 280 g/mol. The number of benzene rings is 3. The summed E-state index contributed by atoms with van der Waals surface area (Å²) in [5.74, 6) is 0. The highest BCUT2D eigenvalue weighted by molar-refractivity contribution is 5.97. The zero-order valence-corrected chi connectivity index (χ0v) is 13.1. The largest absolute Gasteiger partial charge is 0.330 e. The monoisotopic (exact) mass is 298 g/mol. The number of hydrogen-bond acceptors (Lipinski definition) is 1. The van der Waals surface area contributed by atoms with E-state index in [0.29, 0.717) is 0 Å². The lowest BCUT2D eigenvalue weighted by Gasteiger charge is -2.19. The molecule has 2 heteroatoms. The molecule has 112 valence electrons. The topological polar surface area (TPSA) is 17.8 Å². The molecule has 0 radical (unpaired) electrons. The molecular formula is C21H18N2. The highest BCUT2D eigenvalue weighted by Crippen LogP contribution is 2.34. The molecule has 0 saturated carbocycles. The van der Waals surface area contributed by atoms with Crippen molar-refractivity contribution in [3.8, 4) is 11.1 Å². The second kappa shape index (κ2) is 5.73.